The minimum absolute atomic E-state index is 0.303. The van der Waals surface area contributed by atoms with Crippen molar-refractivity contribution >= 4 is 5.97 Å². The Labute approximate surface area is 148 Å². The second kappa shape index (κ2) is 6.93. The van der Waals surface area contributed by atoms with Crippen molar-refractivity contribution in [1.82, 2.24) is 4.57 Å². The maximum absolute atomic E-state index is 11.0. The van der Waals surface area contributed by atoms with Gasteiger partial charge in [-0.25, -0.2) is 9.13 Å². The molecule has 0 atom stereocenters. The van der Waals surface area contributed by atoms with Crippen LogP contribution in [0.15, 0.2) is 55.1 Å². The molecule has 0 aliphatic rings. The molecule has 0 aliphatic heterocycles. The average molecular weight is 335 g/mol. The van der Waals surface area contributed by atoms with Gasteiger partial charge in [0.25, 0.3) is 0 Å². The van der Waals surface area contributed by atoms with Gasteiger partial charge in [-0.1, -0.05) is 29.8 Å². The van der Waals surface area contributed by atoms with E-state index in [1.807, 2.05) is 24.3 Å². The van der Waals surface area contributed by atoms with Gasteiger partial charge in [0.05, 0.1) is 0 Å². The van der Waals surface area contributed by atoms with Gasteiger partial charge in [-0.3, -0.25) is 4.79 Å². The number of esters is 1. The fourth-order valence-electron chi connectivity index (χ4n) is 3.24. The fraction of sp³-hybridized carbons (Fsp3) is 0.238. The standard InChI is InChI=1S/C21H23N2O2/c1-15-11-16(2)21(17(3)12-15)23-10-9-22(14-23)13-19-5-7-20(8-6-19)25-18(4)24/h5-12,14H,13H2,1-4H3/q+1. The third-order valence-corrected chi connectivity index (χ3v) is 4.14. The second-order valence-corrected chi connectivity index (χ2v) is 6.48. The minimum atomic E-state index is -0.303. The third kappa shape index (κ3) is 3.97. The molecule has 0 fully saturated rings. The van der Waals surface area contributed by atoms with Crippen LogP contribution in [0.2, 0.25) is 0 Å². The van der Waals surface area contributed by atoms with Gasteiger partial charge < -0.3 is 4.74 Å². The van der Waals surface area contributed by atoms with Gasteiger partial charge in [0.15, 0.2) is 0 Å². The molecule has 128 valence electrons. The zero-order chi connectivity index (χ0) is 18.0. The topological polar surface area (TPSA) is 35.1 Å². The van der Waals surface area contributed by atoms with Gasteiger partial charge in [-0.15, -0.1) is 0 Å². The molecule has 4 nitrogen and oxygen atoms in total. The first-order chi connectivity index (χ1) is 11.9. The van der Waals surface area contributed by atoms with E-state index in [2.05, 4.69) is 60.8 Å². The van der Waals surface area contributed by atoms with Gasteiger partial charge in [0.2, 0.25) is 6.33 Å². The van der Waals surface area contributed by atoms with Crippen molar-refractivity contribution in [3.05, 3.63) is 77.4 Å². The van der Waals surface area contributed by atoms with Crippen molar-refractivity contribution in [3.8, 4) is 11.4 Å². The highest BCUT2D eigenvalue weighted by Crippen LogP contribution is 2.20. The molecule has 25 heavy (non-hydrogen) atoms. The SMILES string of the molecule is CC(=O)Oc1ccc(C[n+]2ccn(-c3c(C)cc(C)cc3C)c2)cc1. The van der Waals surface area contributed by atoms with Gasteiger partial charge in [-0.2, -0.15) is 0 Å². The average Bonchev–Trinajstić information content (AvgIpc) is 2.96. The number of aromatic nitrogens is 2. The van der Waals surface area contributed by atoms with Crippen LogP contribution < -0.4 is 9.30 Å². The fourth-order valence-corrected chi connectivity index (χ4v) is 3.24. The van der Waals surface area contributed by atoms with Crippen molar-refractivity contribution in [2.45, 2.75) is 34.2 Å². The van der Waals surface area contributed by atoms with E-state index in [0.717, 1.165) is 12.1 Å². The molecule has 0 radical (unpaired) electrons. The number of carbonyl (C=O) groups excluding carboxylic acids is 1. The van der Waals surface area contributed by atoms with Gasteiger partial charge in [-0.05, 0) is 49.6 Å². The Kier molecular flexibility index (Phi) is 4.70. The van der Waals surface area contributed by atoms with E-state index in [-0.39, 0.29) is 5.97 Å². The first-order valence-electron chi connectivity index (χ1n) is 8.35. The Hall–Kier alpha value is -2.88. The Bertz CT molecular complexity index is 885. The highest BCUT2D eigenvalue weighted by molar-refractivity contribution is 5.69. The first-order valence-corrected chi connectivity index (χ1v) is 8.35. The van der Waals surface area contributed by atoms with Crippen LogP contribution in [-0.4, -0.2) is 10.5 Å². The van der Waals surface area contributed by atoms with Crippen molar-refractivity contribution in [3.63, 3.8) is 0 Å². The zero-order valence-electron chi connectivity index (χ0n) is 15.1. The molecular weight excluding hydrogens is 312 g/mol. The summed E-state index contributed by atoms with van der Waals surface area (Å²) in [5.74, 6) is 0.271. The van der Waals surface area contributed by atoms with Crippen molar-refractivity contribution in [2.24, 2.45) is 0 Å². The van der Waals surface area contributed by atoms with E-state index in [9.17, 15) is 4.79 Å². The zero-order valence-corrected chi connectivity index (χ0v) is 15.1. The molecule has 3 aromatic rings. The largest absolute Gasteiger partial charge is 0.427 e. The summed E-state index contributed by atoms with van der Waals surface area (Å²) in [4.78, 5) is 11.0. The van der Waals surface area contributed by atoms with Crippen LogP contribution in [0, 0.1) is 20.8 Å². The lowest BCUT2D eigenvalue weighted by molar-refractivity contribution is -0.687. The molecule has 0 aliphatic carbocycles. The lowest BCUT2D eigenvalue weighted by Gasteiger charge is -2.07. The number of hydrogen-bond acceptors (Lipinski definition) is 2. The molecule has 1 aromatic heterocycles. The lowest BCUT2D eigenvalue weighted by Crippen LogP contribution is -2.31. The van der Waals surface area contributed by atoms with Crippen LogP contribution in [-0.2, 0) is 11.3 Å². The summed E-state index contributed by atoms with van der Waals surface area (Å²) >= 11 is 0. The van der Waals surface area contributed by atoms with E-state index in [0.29, 0.717) is 5.75 Å². The number of hydrogen-bond donors (Lipinski definition) is 0. The molecular formula is C21H23N2O2+. The highest BCUT2D eigenvalue weighted by Gasteiger charge is 2.13. The highest BCUT2D eigenvalue weighted by atomic mass is 16.5. The summed E-state index contributed by atoms with van der Waals surface area (Å²) < 4.78 is 9.37. The number of aryl methyl sites for hydroxylation is 3. The van der Waals surface area contributed by atoms with E-state index < -0.39 is 0 Å². The van der Waals surface area contributed by atoms with E-state index >= 15 is 0 Å². The number of imidazole rings is 1. The molecule has 0 unspecified atom stereocenters. The quantitative estimate of drug-likeness (QED) is 0.414. The molecule has 0 amide bonds. The third-order valence-electron chi connectivity index (χ3n) is 4.14. The maximum atomic E-state index is 11.0. The van der Waals surface area contributed by atoms with E-state index in [4.69, 9.17) is 4.74 Å². The normalized spacial score (nSPS) is 10.7. The van der Waals surface area contributed by atoms with Crippen LogP contribution in [0.25, 0.3) is 5.69 Å². The molecule has 0 saturated heterocycles. The Balaban J connectivity index is 1.79. The number of carbonyl (C=O) groups is 1. The Morgan fingerprint density at radius 2 is 1.72 bits per heavy atom. The van der Waals surface area contributed by atoms with Crippen molar-refractivity contribution in [1.29, 1.82) is 0 Å². The van der Waals surface area contributed by atoms with Gasteiger partial charge >= 0.3 is 5.97 Å². The summed E-state index contributed by atoms with van der Waals surface area (Å²) in [5, 5.41) is 0. The Morgan fingerprint density at radius 3 is 2.32 bits per heavy atom. The summed E-state index contributed by atoms with van der Waals surface area (Å²) in [6, 6.07) is 12.0. The summed E-state index contributed by atoms with van der Waals surface area (Å²) in [6.45, 7) is 8.58. The molecule has 0 saturated carbocycles. The van der Waals surface area contributed by atoms with E-state index in [1.54, 1.807) is 0 Å². The van der Waals surface area contributed by atoms with E-state index in [1.165, 1.54) is 29.3 Å². The first kappa shape index (κ1) is 17.0. The lowest BCUT2D eigenvalue weighted by atomic mass is 10.1. The predicted molar refractivity (Wildman–Crippen MR) is 97.0 cm³/mol. The van der Waals surface area contributed by atoms with Crippen LogP contribution >= 0.6 is 0 Å². The van der Waals surface area contributed by atoms with Crippen LogP contribution in [0.5, 0.6) is 5.75 Å². The number of nitrogens with zero attached hydrogens (tertiary/aromatic N) is 2. The summed E-state index contributed by atoms with van der Waals surface area (Å²) in [5.41, 5.74) is 6.20. The molecule has 3 rings (SSSR count). The van der Waals surface area contributed by atoms with Crippen LogP contribution in [0.4, 0.5) is 0 Å². The van der Waals surface area contributed by atoms with Crippen molar-refractivity contribution < 1.29 is 14.1 Å². The van der Waals surface area contributed by atoms with Crippen molar-refractivity contribution in [2.75, 3.05) is 0 Å². The molecule has 0 N–H and O–H groups in total. The number of rotatable bonds is 4. The Morgan fingerprint density at radius 1 is 1.08 bits per heavy atom. The maximum Gasteiger partial charge on any atom is 0.308 e. The van der Waals surface area contributed by atoms with Gasteiger partial charge in [0, 0.05) is 6.92 Å². The van der Waals surface area contributed by atoms with Crippen LogP contribution in [0.3, 0.4) is 0 Å². The number of benzene rings is 2. The number of ether oxygens (including phenoxy) is 1. The molecule has 2 aromatic carbocycles. The van der Waals surface area contributed by atoms with Gasteiger partial charge in [0.1, 0.15) is 30.4 Å². The summed E-state index contributed by atoms with van der Waals surface area (Å²) in [7, 11) is 0. The molecule has 1 heterocycles. The summed E-state index contributed by atoms with van der Waals surface area (Å²) in [6.07, 6.45) is 6.25. The molecule has 4 heteroatoms. The monoisotopic (exact) mass is 335 g/mol. The second-order valence-electron chi connectivity index (χ2n) is 6.48. The molecule has 0 spiro atoms. The van der Waals surface area contributed by atoms with Crippen LogP contribution in [0.1, 0.15) is 29.2 Å². The predicted octanol–water partition coefficient (Wildman–Crippen LogP) is 3.66. The molecule has 0 bridgehead atoms. The smallest absolute Gasteiger partial charge is 0.308 e. The minimum Gasteiger partial charge on any atom is -0.427 e.